The van der Waals surface area contributed by atoms with E-state index >= 15 is 0 Å². The highest BCUT2D eigenvalue weighted by atomic mass is 16.5. The van der Waals surface area contributed by atoms with Crippen LogP contribution in [0.3, 0.4) is 0 Å². The Morgan fingerprint density at radius 2 is 2.25 bits per heavy atom. The van der Waals surface area contributed by atoms with Crippen molar-refractivity contribution in [1.82, 2.24) is 4.90 Å². The van der Waals surface area contributed by atoms with Gasteiger partial charge in [0.05, 0.1) is 25.2 Å². The van der Waals surface area contributed by atoms with E-state index in [4.69, 9.17) is 9.47 Å². The van der Waals surface area contributed by atoms with Gasteiger partial charge in [0.1, 0.15) is 5.78 Å². The number of nitrogens with zero attached hydrogens (tertiary/aromatic N) is 1. The Balaban J connectivity index is 1.85. The second-order valence-corrected chi connectivity index (χ2v) is 4.86. The predicted molar refractivity (Wildman–Crippen MR) is 60.4 cm³/mol. The lowest BCUT2D eigenvalue weighted by atomic mass is 9.99. The van der Waals surface area contributed by atoms with E-state index in [0.717, 1.165) is 19.6 Å². The van der Waals surface area contributed by atoms with E-state index < -0.39 is 0 Å². The Labute approximate surface area is 96.9 Å². The van der Waals surface area contributed by atoms with Crippen molar-refractivity contribution < 1.29 is 14.3 Å². The van der Waals surface area contributed by atoms with Gasteiger partial charge in [-0.05, 0) is 20.4 Å². The summed E-state index contributed by atoms with van der Waals surface area (Å²) in [6, 6.07) is 0.453. The quantitative estimate of drug-likeness (QED) is 0.711. The van der Waals surface area contributed by atoms with Gasteiger partial charge in [-0.25, -0.2) is 0 Å². The first-order valence-electron chi connectivity index (χ1n) is 6.11. The molecule has 0 aromatic rings. The van der Waals surface area contributed by atoms with Gasteiger partial charge in [-0.15, -0.1) is 0 Å². The molecule has 0 aromatic carbocycles. The van der Waals surface area contributed by atoms with Gasteiger partial charge in [-0.2, -0.15) is 0 Å². The Morgan fingerprint density at radius 1 is 1.44 bits per heavy atom. The molecule has 2 rings (SSSR count). The lowest BCUT2D eigenvalue weighted by Gasteiger charge is -2.31. The molecule has 0 aliphatic carbocycles. The van der Waals surface area contributed by atoms with Crippen LogP contribution >= 0.6 is 0 Å². The second-order valence-electron chi connectivity index (χ2n) is 4.86. The monoisotopic (exact) mass is 227 g/mol. The number of hydrogen-bond donors (Lipinski definition) is 0. The maximum absolute atomic E-state index is 11.7. The van der Waals surface area contributed by atoms with E-state index in [1.165, 1.54) is 0 Å². The summed E-state index contributed by atoms with van der Waals surface area (Å²) in [7, 11) is 2.08. The number of likely N-dealkylation sites (N-methyl/N-ethyl adjacent to an activating group) is 1. The van der Waals surface area contributed by atoms with Gasteiger partial charge in [0.2, 0.25) is 0 Å². The molecule has 2 fully saturated rings. The van der Waals surface area contributed by atoms with Crippen LogP contribution in [-0.2, 0) is 14.3 Å². The third-order valence-corrected chi connectivity index (χ3v) is 3.68. The van der Waals surface area contributed by atoms with Crippen LogP contribution in [0.15, 0.2) is 0 Å². The molecule has 4 heteroatoms. The topological polar surface area (TPSA) is 38.8 Å². The third kappa shape index (κ3) is 2.62. The van der Waals surface area contributed by atoms with Gasteiger partial charge < -0.3 is 9.47 Å². The highest BCUT2D eigenvalue weighted by molar-refractivity contribution is 5.82. The standard InChI is InChI=1S/C12H21NO3/c1-9-11(3-6-16-9)13(2)7-10-8-15-5-4-12(10)14/h9-11H,3-8H2,1-2H3. The highest BCUT2D eigenvalue weighted by Crippen LogP contribution is 2.20. The first kappa shape index (κ1) is 12.0. The minimum atomic E-state index is 0.0616. The summed E-state index contributed by atoms with van der Waals surface area (Å²) < 4.78 is 10.9. The molecule has 0 bridgehead atoms. The lowest BCUT2D eigenvalue weighted by Crippen LogP contribution is -2.43. The van der Waals surface area contributed by atoms with E-state index in [1.807, 2.05) is 0 Å². The number of ketones is 1. The van der Waals surface area contributed by atoms with Gasteiger partial charge in [0.15, 0.2) is 0 Å². The van der Waals surface area contributed by atoms with Crippen LogP contribution in [0.5, 0.6) is 0 Å². The molecule has 2 aliphatic heterocycles. The molecule has 4 nitrogen and oxygen atoms in total. The lowest BCUT2D eigenvalue weighted by molar-refractivity contribution is -0.131. The summed E-state index contributed by atoms with van der Waals surface area (Å²) in [5, 5.41) is 0. The van der Waals surface area contributed by atoms with Crippen LogP contribution in [0.2, 0.25) is 0 Å². The molecular formula is C12H21NO3. The van der Waals surface area contributed by atoms with Crippen molar-refractivity contribution in [2.24, 2.45) is 5.92 Å². The van der Waals surface area contributed by atoms with Crippen LogP contribution in [0.4, 0.5) is 0 Å². The number of Topliss-reactive ketones (excluding diaryl/α,β-unsaturated/α-hetero) is 1. The van der Waals surface area contributed by atoms with Crippen molar-refractivity contribution in [3.63, 3.8) is 0 Å². The fourth-order valence-corrected chi connectivity index (χ4v) is 2.63. The Morgan fingerprint density at radius 3 is 2.88 bits per heavy atom. The maximum Gasteiger partial charge on any atom is 0.141 e. The zero-order valence-corrected chi connectivity index (χ0v) is 10.1. The molecule has 16 heavy (non-hydrogen) atoms. The molecule has 0 N–H and O–H groups in total. The molecular weight excluding hydrogens is 206 g/mol. The Hall–Kier alpha value is -0.450. The fraction of sp³-hybridized carbons (Fsp3) is 0.917. The molecule has 3 unspecified atom stereocenters. The average Bonchev–Trinajstić information content (AvgIpc) is 2.68. The summed E-state index contributed by atoms with van der Waals surface area (Å²) in [6.45, 7) is 4.93. The van der Waals surface area contributed by atoms with Crippen molar-refractivity contribution in [2.45, 2.75) is 31.9 Å². The second kappa shape index (κ2) is 5.25. The normalized spacial score (nSPS) is 35.9. The van der Waals surface area contributed by atoms with Crippen molar-refractivity contribution >= 4 is 5.78 Å². The molecule has 0 aromatic heterocycles. The number of ether oxygens (including phenoxy) is 2. The summed E-state index contributed by atoms with van der Waals surface area (Å²) >= 11 is 0. The number of carbonyl (C=O) groups is 1. The number of rotatable bonds is 3. The molecule has 3 atom stereocenters. The highest BCUT2D eigenvalue weighted by Gasteiger charge is 2.31. The zero-order chi connectivity index (χ0) is 11.5. The first-order chi connectivity index (χ1) is 7.68. The van der Waals surface area contributed by atoms with Crippen molar-refractivity contribution in [2.75, 3.05) is 33.4 Å². The minimum absolute atomic E-state index is 0.0616. The van der Waals surface area contributed by atoms with E-state index in [9.17, 15) is 4.79 Å². The number of carbonyl (C=O) groups excluding carboxylic acids is 1. The van der Waals surface area contributed by atoms with Gasteiger partial charge >= 0.3 is 0 Å². The number of hydrogen-bond acceptors (Lipinski definition) is 4. The zero-order valence-electron chi connectivity index (χ0n) is 10.1. The van der Waals surface area contributed by atoms with E-state index in [-0.39, 0.29) is 12.0 Å². The van der Waals surface area contributed by atoms with Crippen LogP contribution in [0.1, 0.15) is 19.8 Å². The third-order valence-electron chi connectivity index (χ3n) is 3.68. The molecule has 2 saturated heterocycles. The van der Waals surface area contributed by atoms with E-state index in [0.29, 0.717) is 31.5 Å². The molecule has 0 amide bonds. The molecule has 2 aliphatic rings. The Kier molecular flexibility index (Phi) is 3.95. The smallest absolute Gasteiger partial charge is 0.141 e. The molecule has 0 saturated carbocycles. The fourth-order valence-electron chi connectivity index (χ4n) is 2.63. The van der Waals surface area contributed by atoms with Crippen molar-refractivity contribution in [1.29, 1.82) is 0 Å². The average molecular weight is 227 g/mol. The van der Waals surface area contributed by atoms with Gasteiger partial charge in [0.25, 0.3) is 0 Å². The molecule has 92 valence electrons. The van der Waals surface area contributed by atoms with Crippen LogP contribution < -0.4 is 0 Å². The Bertz CT molecular complexity index is 257. The summed E-state index contributed by atoms with van der Waals surface area (Å²) in [6.07, 6.45) is 1.93. The largest absolute Gasteiger partial charge is 0.380 e. The van der Waals surface area contributed by atoms with Gasteiger partial charge in [-0.1, -0.05) is 0 Å². The molecule has 2 heterocycles. The van der Waals surface area contributed by atoms with Crippen LogP contribution in [-0.4, -0.2) is 56.2 Å². The molecule has 0 spiro atoms. The van der Waals surface area contributed by atoms with Crippen molar-refractivity contribution in [3.05, 3.63) is 0 Å². The minimum Gasteiger partial charge on any atom is -0.380 e. The van der Waals surface area contributed by atoms with Gasteiger partial charge in [0, 0.05) is 25.6 Å². The van der Waals surface area contributed by atoms with E-state index in [2.05, 4.69) is 18.9 Å². The maximum atomic E-state index is 11.7. The van der Waals surface area contributed by atoms with Crippen molar-refractivity contribution in [3.8, 4) is 0 Å². The SMILES string of the molecule is CC1OCCC1N(C)CC1COCCC1=O. The van der Waals surface area contributed by atoms with E-state index in [1.54, 1.807) is 0 Å². The van der Waals surface area contributed by atoms with Gasteiger partial charge in [-0.3, -0.25) is 9.69 Å². The molecule has 0 radical (unpaired) electrons. The summed E-state index contributed by atoms with van der Waals surface area (Å²) in [5.74, 6) is 0.413. The van der Waals surface area contributed by atoms with Crippen LogP contribution in [0, 0.1) is 5.92 Å². The predicted octanol–water partition coefficient (Wildman–Crippen LogP) is 0.701. The first-order valence-corrected chi connectivity index (χ1v) is 6.11. The summed E-state index contributed by atoms with van der Waals surface area (Å²) in [4.78, 5) is 13.9. The van der Waals surface area contributed by atoms with Crippen LogP contribution in [0.25, 0.3) is 0 Å². The summed E-state index contributed by atoms with van der Waals surface area (Å²) in [5.41, 5.74) is 0.